The molecule has 0 amide bonds. The summed E-state index contributed by atoms with van der Waals surface area (Å²) in [7, 11) is 1.60. The first-order valence-electron chi connectivity index (χ1n) is 9.63. The van der Waals surface area contributed by atoms with Crippen LogP contribution in [0, 0.1) is 11.3 Å². The summed E-state index contributed by atoms with van der Waals surface area (Å²) in [6, 6.07) is 23.0. The summed E-state index contributed by atoms with van der Waals surface area (Å²) < 4.78 is 6.06. The number of ether oxygens (including phenoxy) is 1. The highest BCUT2D eigenvalue weighted by atomic mass is 79.9. The van der Waals surface area contributed by atoms with Crippen LogP contribution in [0.1, 0.15) is 28.4 Å². The number of fused-ring (bicyclic) bond motifs is 1. The predicted molar refractivity (Wildman–Crippen MR) is 127 cm³/mol. The zero-order chi connectivity index (χ0) is 22.0. The first-order chi connectivity index (χ1) is 15.0. The number of aliphatic hydroxyl groups is 1. The second-order valence-electron chi connectivity index (χ2n) is 7.07. The highest BCUT2D eigenvalue weighted by molar-refractivity contribution is 9.10. The number of pyridine rings is 1. The van der Waals surface area contributed by atoms with Gasteiger partial charge in [0.1, 0.15) is 12.2 Å². The van der Waals surface area contributed by atoms with Crippen LogP contribution in [0.3, 0.4) is 0 Å². The summed E-state index contributed by atoms with van der Waals surface area (Å²) in [6.45, 7) is 3.86. The maximum absolute atomic E-state index is 11.0. The number of rotatable bonds is 5. The van der Waals surface area contributed by atoms with Gasteiger partial charge in [-0.2, -0.15) is 5.26 Å². The molecule has 1 unspecified atom stereocenters. The number of nitrogens with zero attached hydrogens (tertiary/aromatic N) is 2. The van der Waals surface area contributed by atoms with Crippen molar-refractivity contribution in [3.05, 3.63) is 100 Å². The molecule has 0 bridgehead atoms. The van der Waals surface area contributed by atoms with Crippen molar-refractivity contribution in [2.75, 3.05) is 7.11 Å². The lowest BCUT2D eigenvalue weighted by Crippen LogP contribution is -2.01. The molecule has 0 aliphatic heterocycles. The van der Waals surface area contributed by atoms with Gasteiger partial charge in [0.25, 0.3) is 0 Å². The van der Waals surface area contributed by atoms with E-state index in [1.165, 1.54) is 0 Å². The minimum atomic E-state index is -0.845. The van der Waals surface area contributed by atoms with Crippen LogP contribution in [0.5, 0.6) is 5.88 Å². The van der Waals surface area contributed by atoms with E-state index in [2.05, 4.69) is 39.6 Å². The average molecular weight is 471 g/mol. The molecule has 0 saturated carbocycles. The van der Waals surface area contributed by atoms with Crippen LogP contribution in [0.2, 0.25) is 0 Å². The average Bonchev–Trinajstić information content (AvgIpc) is 2.82. The molecule has 5 heteroatoms. The van der Waals surface area contributed by atoms with E-state index in [-0.39, 0.29) is 0 Å². The van der Waals surface area contributed by atoms with E-state index in [0.717, 1.165) is 33.2 Å². The van der Waals surface area contributed by atoms with Crippen molar-refractivity contribution in [2.45, 2.75) is 6.10 Å². The Balaban J connectivity index is 1.87. The molecule has 0 fully saturated rings. The second-order valence-corrected chi connectivity index (χ2v) is 7.93. The van der Waals surface area contributed by atoms with Crippen molar-refractivity contribution >= 4 is 32.9 Å². The normalized spacial score (nSPS) is 11.7. The van der Waals surface area contributed by atoms with Gasteiger partial charge in [-0.1, -0.05) is 43.0 Å². The lowest BCUT2D eigenvalue weighted by molar-refractivity contribution is 0.220. The zero-order valence-corrected chi connectivity index (χ0v) is 18.4. The van der Waals surface area contributed by atoms with Crippen molar-refractivity contribution in [3.8, 4) is 23.1 Å². The Bertz CT molecular complexity index is 1340. The smallest absolute Gasteiger partial charge is 0.214 e. The lowest BCUT2D eigenvalue weighted by atomic mass is 9.95. The third-order valence-electron chi connectivity index (χ3n) is 5.20. The third kappa shape index (κ3) is 4.09. The summed E-state index contributed by atoms with van der Waals surface area (Å²) in [6.07, 6.45) is 0.963. The molecule has 0 aliphatic rings. The Hall–Kier alpha value is -3.46. The quantitative estimate of drug-likeness (QED) is 0.373. The minimum absolute atomic E-state index is 0.523. The van der Waals surface area contributed by atoms with Crippen LogP contribution >= 0.6 is 15.9 Å². The number of benzene rings is 3. The Kier molecular flexibility index (Phi) is 5.85. The van der Waals surface area contributed by atoms with E-state index in [9.17, 15) is 5.11 Å². The van der Waals surface area contributed by atoms with Crippen LogP contribution in [0.15, 0.2) is 77.8 Å². The minimum Gasteiger partial charge on any atom is -0.481 e. The molecule has 4 nitrogen and oxygen atoms in total. The molecule has 3 aromatic carbocycles. The standard InChI is InChI=1S/C26H19BrN2O2/c1-3-16-5-4-6-17(11-16)21-14-25(31-2)29-24-10-9-18(12-22(21)24)26(30)19-7-8-20(15-28)23(27)13-19/h3-14,26,30H,1H2,2H3. The third-order valence-corrected chi connectivity index (χ3v) is 5.85. The van der Waals surface area contributed by atoms with Gasteiger partial charge in [-0.15, -0.1) is 0 Å². The number of hydrogen-bond donors (Lipinski definition) is 1. The first-order valence-corrected chi connectivity index (χ1v) is 10.4. The van der Waals surface area contributed by atoms with Gasteiger partial charge in [-0.3, -0.25) is 0 Å². The molecule has 4 aromatic rings. The number of nitriles is 1. The Morgan fingerprint density at radius 3 is 2.58 bits per heavy atom. The van der Waals surface area contributed by atoms with E-state index in [4.69, 9.17) is 10.00 Å². The molecule has 152 valence electrons. The van der Waals surface area contributed by atoms with Crippen LogP contribution in [0.25, 0.3) is 28.1 Å². The van der Waals surface area contributed by atoms with E-state index in [1.54, 1.807) is 25.3 Å². The molecule has 4 rings (SSSR count). The Labute approximate surface area is 189 Å². The Morgan fingerprint density at radius 2 is 1.87 bits per heavy atom. The van der Waals surface area contributed by atoms with Crippen molar-refractivity contribution < 1.29 is 9.84 Å². The van der Waals surface area contributed by atoms with Gasteiger partial charge in [0.05, 0.1) is 18.2 Å². The van der Waals surface area contributed by atoms with E-state index in [0.29, 0.717) is 21.5 Å². The number of aliphatic hydroxyl groups excluding tert-OH is 1. The second kappa shape index (κ2) is 8.73. The molecule has 0 aliphatic carbocycles. The van der Waals surface area contributed by atoms with Crippen LogP contribution < -0.4 is 4.74 Å². The molecule has 1 aromatic heterocycles. The Morgan fingerprint density at radius 1 is 1.10 bits per heavy atom. The number of aromatic nitrogens is 1. The van der Waals surface area contributed by atoms with E-state index >= 15 is 0 Å². The predicted octanol–water partition coefficient (Wildman–Crippen LogP) is 6.27. The molecule has 1 heterocycles. The summed E-state index contributed by atoms with van der Waals surface area (Å²) in [5, 5.41) is 21.1. The number of halogens is 1. The van der Waals surface area contributed by atoms with Crippen molar-refractivity contribution in [1.29, 1.82) is 5.26 Å². The van der Waals surface area contributed by atoms with Crippen LogP contribution in [0.4, 0.5) is 0 Å². The number of methoxy groups -OCH3 is 1. The first kappa shape index (κ1) is 20.8. The molecular weight excluding hydrogens is 452 g/mol. The van der Waals surface area contributed by atoms with Gasteiger partial charge in [0.2, 0.25) is 5.88 Å². The maximum Gasteiger partial charge on any atom is 0.214 e. The molecule has 1 N–H and O–H groups in total. The molecule has 0 radical (unpaired) electrons. The van der Waals surface area contributed by atoms with Crippen molar-refractivity contribution in [2.24, 2.45) is 0 Å². The highest BCUT2D eigenvalue weighted by Gasteiger charge is 2.16. The molecule has 31 heavy (non-hydrogen) atoms. The van der Waals surface area contributed by atoms with Gasteiger partial charge < -0.3 is 9.84 Å². The fourth-order valence-electron chi connectivity index (χ4n) is 3.55. The molecule has 0 spiro atoms. The summed E-state index contributed by atoms with van der Waals surface area (Å²) in [5.74, 6) is 0.524. The largest absolute Gasteiger partial charge is 0.481 e. The zero-order valence-electron chi connectivity index (χ0n) is 16.8. The summed E-state index contributed by atoms with van der Waals surface area (Å²) in [5.41, 5.74) is 5.71. The van der Waals surface area contributed by atoms with Crippen LogP contribution in [-0.2, 0) is 0 Å². The molecule has 1 atom stereocenters. The van der Waals surface area contributed by atoms with E-state index < -0.39 is 6.10 Å². The fraction of sp³-hybridized carbons (Fsp3) is 0.0769. The van der Waals surface area contributed by atoms with E-state index in [1.807, 2.05) is 48.5 Å². The van der Waals surface area contributed by atoms with Crippen LogP contribution in [-0.4, -0.2) is 17.2 Å². The highest BCUT2D eigenvalue weighted by Crippen LogP contribution is 2.35. The topological polar surface area (TPSA) is 66.1 Å². The summed E-state index contributed by atoms with van der Waals surface area (Å²) in [4.78, 5) is 4.56. The SMILES string of the molecule is C=Cc1cccc(-c2cc(OC)nc3ccc(C(O)c4ccc(C#N)c(Br)c4)cc23)c1. The molecule has 0 saturated heterocycles. The fourth-order valence-corrected chi connectivity index (χ4v) is 4.04. The maximum atomic E-state index is 11.0. The summed E-state index contributed by atoms with van der Waals surface area (Å²) >= 11 is 3.39. The van der Waals surface area contributed by atoms with Gasteiger partial charge in [-0.25, -0.2) is 4.98 Å². The van der Waals surface area contributed by atoms with Gasteiger partial charge in [0.15, 0.2) is 0 Å². The monoisotopic (exact) mass is 470 g/mol. The van der Waals surface area contributed by atoms with Gasteiger partial charge in [0, 0.05) is 15.9 Å². The molecular formula is C26H19BrN2O2. The lowest BCUT2D eigenvalue weighted by Gasteiger charge is -2.15. The van der Waals surface area contributed by atoms with Gasteiger partial charge >= 0.3 is 0 Å². The van der Waals surface area contributed by atoms with Crippen molar-refractivity contribution in [3.63, 3.8) is 0 Å². The van der Waals surface area contributed by atoms with Gasteiger partial charge in [-0.05, 0) is 74.1 Å². The number of hydrogen-bond acceptors (Lipinski definition) is 4. The van der Waals surface area contributed by atoms with Crippen molar-refractivity contribution in [1.82, 2.24) is 4.98 Å².